The number of benzene rings is 1. The first-order valence-electron chi connectivity index (χ1n) is 4.11. The number of methoxy groups -OCH3 is 1. The van der Waals surface area contributed by atoms with E-state index in [1.807, 2.05) is 18.2 Å². The van der Waals surface area contributed by atoms with E-state index in [1.54, 1.807) is 13.3 Å². The average molecular weight is 227 g/mol. The largest absolute Gasteiger partial charge is 0.497 e. The number of hydrogen-bond acceptors (Lipinski definition) is 5. The van der Waals surface area contributed by atoms with E-state index in [9.17, 15) is 0 Å². The number of fused-ring (bicyclic) bond motifs is 1. The molecule has 0 aliphatic heterocycles. The first-order chi connectivity index (χ1) is 6.85. The number of hydrazine groups is 1. The van der Waals surface area contributed by atoms with Gasteiger partial charge in [0.05, 0.1) is 13.3 Å². The lowest BCUT2D eigenvalue weighted by atomic mass is 10.2. The standard InChI is InChI=1S/C9H10N4O.ClH/c1-14-7-3-2-6-5-11-13-9(12-10)8(6)4-7;/h2-5H,10H2,1H3,(H,12,13);1H. The Morgan fingerprint density at radius 2 is 2.20 bits per heavy atom. The van der Waals surface area contributed by atoms with Gasteiger partial charge in [-0.05, 0) is 18.2 Å². The van der Waals surface area contributed by atoms with Crippen LogP contribution in [0, 0.1) is 0 Å². The molecular formula is C9H11ClN4O. The minimum atomic E-state index is 0. The Morgan fingerprint density at radius 3 is 2.87 bits per heavy atom. The van der Waals surface area contributed by atoms with Crippen molar-refractivity contribution in [2.45, 2.75) is 0 Å². The first kappa shape index (κ1) is 11.5. The molecule has 2 aromatic rings. The van der Waals surface area contributed by atoms with Crippen molar-refractivity contribution in [2.24, 2.45) is 5.84 Å². The molecular weight excluding hydrogens is 216 g/mol. The van der Waals surface area contributed by atoms with Crippen LogP contribution in [0.15, 0.2) is 24.4 Å². The van der Waals surface area contributed by atoms with E-state index in [4.69, 9.17) is 10.6 Å². The van der Waals surface area contributed by atoms with E-state index < -0.39 is 0 Å². The lowest BCUT2D eigenvalue weighted by molar-refractivity contribution is 0.415. The van der Waals surface area contributed by atoms with Crippen LogP contribution in [0.1, 0.15) is 0 Å². The second-order valence-electron chi connectivity index (χ2n) is 2.79. The Labute approximate surface area is 93.0 Å². The van der Waals surface area contributed by atoms with Crippen LogP contribution in [0.3, 0.4) is 0 Å². The predicted molar refractivity (Wildman–Crippen MR) is 61.1 cm³/mol. The number of halogens is 1. The number of nitrogen functional groups attached to an aromatic ring is 1. The second-order valence-corrected chi connectivity index (χ2v) is 2.79. The Morgan fingerprint density at radius 1 is 1.40 bits per heavy atom. The lowest BCUT2D eigenvalue weighted by Gasteiger charge is -2.05. The summed E-state index contributed by atoms with van der Waals surface area (Å²) in [7, 11) is 1.62. The zero-order chi connectivity index (χ0) is 9.97. The van der Waals surface area contributed by atoms with Crippen molar-refractivity contribution in [2.75, 3.05) is 12.5 Å². The number of nitrogens with one attached hydrogen (secondary N) is 1. The molecule has 0 aliphatic rings. The maximum absolute atomic E-state index is 5.31. The zero-order valence-electron chi connectivity index (χ0n) is 8.10. The fourth-order valence-corrected chi connectivity index (χ4v) is 1.29. The first-order valence-corrected chi connectivity index (χ1v) is 4.11. The van der Waals surface area contributed by atoms with Gasteiger partial charge in [0, 0.05) is 10.8 Å². The van der Waals surface area contributed by atoms with Crippen LogP contribution >= 0.6 is 12.4 Å². The van der Waals surface area contributed by atoms with E-state index in [0.717, 1.165) is 16.5 Å². The Hall–Kier alpha value is -1.59. The van der Waals surface area contributed by atoms with Gasteiger partial charge in [-0.1, -0.05) is 0 Å². The molecule has 1 aromatic carbocycles. The molecule has 3 N–H and O–H groups in total. The fourth-order valence-electron chi connectivity index (χ4n) is 1.29. The summed E-state index contributed by atoms with van der Waals surface area (Å²) in [5, 5.41) is 9.52. The highest BCUT2D eigenvalue weighted by atomic mass is 35.5. The number of aromatic nitrogens is 2. The minimum Gasteiger partial charge on any atom is -0.497 e. The molecule has 0 aliphatic carbocycles. The van der Waals surface area contributed by atoms with Crippen molar-refractivity contribution in [1.82, 2.24) is 10.2 Å². The molecule has 0 saturated carbocycles. The summed E-state index contributed by atoms with van der Waals surface area (Å²) in [6.45, 7) is 0. The molecule has 0 fully saturated rings. The van der Waals surface area contributed by atoms with Crippen molar-refractivity contribution in [3.8, 4) is 5.75 Å². The molecule has 1 aromatic heterocycles. The number of rotatable bonds is 2. The summed E-state index contributed by atoms with van der Waals surface area (Å²) in [6.07, 6.45) is 1.68. The monoisotopic (exact) mass is 226 g/mol. The third kappa shape index (κ3) is 2.08. The van der Waals surface area contributed by atoms with Crippen LogP contribution in [-0.4, -0.2) is 17.3 Å². The Balaban J connectivity index is 0.00000112. The van der Waals surface area contributed by atoms with Crippen molar-refractivity contribution < 1.29 is 4.74 Å². The quantitative estimate of drug-likeness (QED) is 0.597. The molecule has 0 radical (unpaired) electrons. The zero-order valence-corrected chi connectivity index (χ0v) is 8.91. The molecule has 2 rings (SSSR count). The van der Waals surface area contributed by atoms with Gasteiger partial charge < -0.3 is 10.2 Å². The molecule has 0 spiro atoms. The molecule has 0 saturated heterocycles. The van der Waals surface area contributed by atoms with Gasteiger partial charge in [-0.25, -0.2) is 5.84 Å². The van der Waals surface area contributed by atoms with E-state index in [2.05, 4.69) is 15.6 Å². The number of nitrogens with zero attached hydrogens (tertiary/aromatic N) is 2. The molecule has 6 heteroatoms. The van der Waals surface area contributed by atoms with Crippen molar-refractivity contribution in [1.29, 1.82) is 0 Å². The lowest BCUT2D eigenvalue weighted by Crippen LogP contribution is -2.09. The summed E-state index contributed by atoms with van der Waals surface area (Å²) < 4.78 is 5.10. The molecule has 15 heavy (non-hydrogen) atoms. The highest BCUT2D eigenvalue weighted by molar-refractivity contribution is 5.91. The van der Waals surface area contributed by atoms with E-state index in [-0.39, 0.29) is 12.4 Å². The summed E-state index contributed by atoms with van der Waals surface area (Å²) in [4.78, 5) is 0. The Kier molecular flexibility index (Phi) is 3.65. The molecule has 0 bridgehead atoms. The third-order valence-electron chi connectivity index (χ3n) is 2.01. The van der Waals surface area contributed by atoms with Gasteiger partial charge in [-0.2, -0.15) is 5.10 Å². The molecule has 0 amide bonds. The number of anilines is 1. The van der Waals surface area contributed by atoms with E-state index in [0.29, 0.717) is 5.82 Å². The predicted octanol–water partition coefficient (Wildman–Crippen LogP) is 1.35. The van der Waals surface area contributed by atoms with Gasteiger partial charge in [0.15, 0.2) is 5.82 Å². The summed E-state index contributed by atoms with van der Waals surface area (Å²) in [5.41, 5.74) is 2.49. The smallest absolute Gasteiger partial charge is 0.170 e. The fraction of sp³-hybridized carbons (Fsp3) is 0.111. The van der Waals surface area contributed by atoms with E-state index in [1.165, 1.54) is 0 Å². The highest BCUT2D eigenvalue weighted by Crippen LogP contribution is 2.23. The third-order valence-corrected chi connectivity index (χ3v) is 2.01. The van der Waals surface area contributed by atoms with Crippen LogP contribution in [-0.2, 0) is 0 Å². The van der Waals surface area contributed by atoms with Crippen molar-refractivity contribution in [3.63, 3.8) is 0 Å². The summed E-state index contributed by atoms with van der Waals surface area (Å²) in [6, 6.07) is 5.63. The van der Waals surface area contributed by atoms with Gasteiger partial charge in [0.2, 0.25) is 0 Å². The van der Waals surface area contributed by atoms with Crippen LogP contribution in [0.25, 0.3) is 10.8 Å². The highest BCUT2D eigenvalue weighted by Gasteiger charge is 2.02. The van der Waals surface area contributed by atoms with Gasteiger partial charge in [0.1, 0.15) is 5.75 Å². The van der Waals surface area contributed by atoms with Gasteiger partial charge in [-0.3, -0.25) is 0 Å². The van der Waals surface area contributed by atoms with Crippen LogP contribution in [0.2, 0.25) is 0 Å². The number of nitrogens with two attached hydrogens (primary N) is 1. The van der Waals surface area contributed by atoms with Gasteiger partial charge in [-0.15, -0.1) is 17.5 Å². The molecule has 0 unspecified atom stereocenters. The van der Waals surface area contributed by atoms with Crippen molar-refractivity contribution >= 4 is 29.0 Å². The van der Waals surface area contributed by atoms with Gasteiger partial charge >= 0.3 is 0 Å². The van der Waals surface area contributed by atoms with Crippen LogP contribution in [0.5, 0.6) is 5.75 Å². The van der Waals surface area contributed by atoms with Gasteiger partial charge in [0.25, 0.3) is 0 Å². The maximum atomic E-state index is 5.31. The molecule has 80 valence electrons. The average Bonchev–Trinajstić information content (AvgIpc) is 2.27. The molecule has 0 atom stereocenters. The van der Waals surface area contributed by atoms with Crippen molar-refractivity contribution in [3.05, 3.63) is 24.4 Å². The maximum Gasteiger partial charge on any atom is 0.170 e. The molecule has 5 nitrogen and oxygen atoms in total. The number of hydrogen-bond donors (Lipinski definition) is 2. The van der Waals surface area contributed by atoms with Crippen LogP contribution < -0.4 is 16.0 Å². The second kappa shape index (κ2) is 4.77. The van der Waals surface area contributed by atoms with Crippen LogP contribution in [0.4, 0.5) is 5.82 Å². The molecule has 1 heterocycles. The normalized spacial score (nSPS) is 9.47. The topological polar surface area (TPSA) is 73.1 Å². The SMILES string of the molecule is COc1ccc2cnnc(NN)c2c1.Cl. The van der Waals surface area contributed by atoms with E-state index >= 15 is 0 Å². The summed E-state index contributed by atoms with van der Waals surface area (Å²) >= 11 is 0. The Bertz CT molecular complexity index is 463. The minimum absolute atomic E-state index is 0. The summed E-state index contributed by atoms with van der Waals surface area (Å²) in [5.74, 6) is 6.62. The number of ether oxygens (including phenoxy) is 1.